The quantitative estimate of drug-likeness (QED) is 0.447. The van der Waals surface area contributed by atoms with Crippen molar-refractivity contribution in [3.8, 4) is 5.75 Å². The Kier molecular flexibility index (Phi) is 7.59. The Bertz CT molecular complexity index is 274. The molecule has 0 aliphatic carbocycles. The fourth-order valence-corrected chi connectivity index (χ4v) is 2.04. The normalized spacial score (nSPS) is 10.4. The summed E-state index contributed by atoms with van der Waals surface area (Å²) in [6.45, 7) is 2.07. The molecule has 2 nitrogen and oxygen atoms in total. The lowest BCUT2D eigenvalue weighted by Gasteiger charge is -2.05. The first kappa shape index (κ1) is 13.8. The zero-order valence-electron chi connectivity index (χ0n) is 9.84. The zero-order chi connectivity index (χ0) is 11.6. The monoisotopic (exact) mass is 333 g/mol. The lowest BCUT2D eigenvalue weighted by atomic mass is 10.2. The molecule has 0 saturated carbocycles. The zero-order valence-corrected chi connectivity index (χ0v) is 12.0. The van der Waals surface area contributed by atoms with E-state index in [9.17, 15) is 0 Å². The van der Waals surface area contributed by atoms with Gasteiger partial charge < -0.3 is 10.1 Å². The smallest absolute Gasteiger partial charge is 0.118 e. The van der Waals surface area contributed by atoms with Gasteiger partial charge in [0.2, 0.25) is 0 Å². The summed E-state index contributed by atoms with van der Waals surface area (Å²) in [4.78, 5) is 0. The minimum Gasteiger partial charge on any atom is -0.497 e. The fraction of sp³-hybridized carbons (Fsp3) is 0.538. The Morgan fingerprint density at radius 2 is 1.88 bits per heavy atom. The van der Waals surface area contributed by atoms with Crippen LogP contribution in [-0.2, 0) is 6.54 Å². The molecule has 0 aliphatic rings. The second-order valence-electron chi connectivity index (χ2n) is 3.77. The molecule has 0 heterocycles. The predicted octanol–water partition coefficient (Wildman–Crippen LogP) is 3.39. The van der Waals surface area contributed by atoms with E-state index in [1.54, 1.807) is 7.11 Å². The van der Waals surface area contributed by atoms with Crippen LogP contribution >= 0.6 is 22.6 Å². The summed E-state index contributed by atoms with van der Waals surface area (Å²) >= 11 is 2.43. The highest BCUT2D eigenvalue weighted by Gasteiger charge is 1.94. The molecule has 0 saturated heterocycles. The number of hydrogen-bond donors (Lipinski definition) is 1. The Morgan fingerprint density at radius 1 is 1.12 bits per heavy atom. The van der Waals surface area contributed by atoms with Gasteiger partial charge in [0, 0.05) is 6.54 Å². The third kappa shape index (κ3) is 5.70. The van der Waals surface area contributed by atoms with E-state index < -0.39 is 0 Å². The highest BCUT2D eigenvalue weighted by atomic mass is 127. The average Bonchev–Trinajstić information content (AvgIpc) is 2.34. The number of nitrogens with one attached hydrogen (secondary N) is 1. The highest BCUT2D eigenvalue weighted by Crippen LogP contribution is 2.10. The maximum atomic E-state index is 5.12. The van der Waals surface area contributed by atoms with Crippen LogP contribution in [0.15, 0.2) is 24.3 Å². The lowest BCUT2D eigenvalue weighted by molar-refractivity contribution is 0.414. The van der Waals surface area contributed by atoms with Gasteiger partial charge in [-0.05, 0) is 41.5 Å². The second kappa shape index (κ2) is 8.82. The van der Waals surface area contributed by atoms with E-state index in [2.05, 4.69) is 40.0 Å². The Morgan fingerprint density at radius 3 is 2.50 bits per heavy atom. The van der Waals surface area contributed by atoms with E-state index in [4.69, 9.17) is 4.74 Å². The fourth-order valence-electron chi connectivity index (χ4n) is 1.50. The predicted molar refractivity (Wildman–Crippen MR) is 77.4 cm³/mol. The second-order valence-corrected chi connectivity index (χ2v) is 4.85. The first-order valence-electron chi connectivity index (χ1n) is 5.76. The molecule has 90 valence electrons. The summed E-state index contributed by atoms with van der Waals surface area (Å²) in [5.41, 5.74) is 1.31. The van der Waals surface area contributed by atoms with Crippen LogP contribution in [0.2, 0.25) is 0 Å². The number of hydrogen-bond acceptors (Lipinski definition) is 2. The third-order valence-electron chi connectivity index (χ3n) is 2.48. The van der Waals surface area contributed by atoms with E-state index >= 15 is 0 Å². The van der Waals surface area contributed by atoms with Crippen molar-refractivity contribution in [2.45, 2.75) is 25.8 Å². The summed E-state index contributed by atoms with van der Waals surface area (Å²) in [6.07, 6.45) is 3.95. The molecule has 0 unspecified atom stereocenters. The molecule has 0 bridgehead atoms. The van der Waals surface area contributed by atoms with Crippen molar-refractivity contribution in [3.05, 3.63) is 29.8 Å². The van der Waals surface area contributed by atoms with Crippen LogP contribution in [0.25, 0.3) is 0 Å². The minimum atomic E-state index is 0.922. The van der Waals surface area contributed by atoms with Crippen molar-refractivity contribution in [2.75, 3.05) is 18.1 Å². The van der Waals surface area contributed by atoms with Crippen LogP contribution in [-0.4, -0.2) is 18.1 Å². The van der Waals surface area contributed by atoms with Crippen LogP contribution in [0, 0.1) is 0 Å². The molecule has 3 heteroatoms. The molecule has 1 aromatic carbocycles. The van der Waals surface area contributed by atoms with Gasteiger partial charge in [-0.1, -0.05) is 41.1 Å². The molecule has 1 rings (SSSR count). The molecule has 0 fully saturated rings. The number of alkyl halides is 1. The van der Waals surface area contributed by atoms with Crippen LogP contribution in [0.4, 0.5) is 0 Å². The van der Waals surface area contributed by atoms with Crippen molar-refractivity contribution >= 4 is 22.6 Å². The molecular formula is C13H20INO. The number of methoxy groups -OCH3 is 1. The van der Waals surface area contributed by atoms with Crippen LogP contribution in [0.1, 0.15) is 24.8 Å². The highest BCUT2D eigenvalue weighted by molar-refractivity contribution is 14.1. The summed E-state index contributed by atoms with van der Waals surface area (Å²) in [6, 6.07) is 8.23. The van der Waals surface area contributed by atoms with E-state index in [0.29, 0.717) is 0 Å². The first-order chi connectivity index (χ1) is 7.86. The first-order valence-corrected chi connectivity index (χ1v) is 7.29. The third-order valence-corrected chi connectivity index (χ3v) is 3.24. The molecule has 0 aliphatic heterocycles. The van der Waals surface area contributed by atoms with E-state index in [-0.39, 0.29) is 0 Å². The number of benzene rings is 1. The molecule has 0 spiro atoms. The molecule has 0 radical (unpaired) electrons. The van der Waals surface area contributed by atoms with Crippen molar-refractivity contribution < 1.29 is 4.74 Å². The van der Waals surface area contributed by atoms with Gasteiger partial charge in [-0.3, -0.25) is 0 Å². The molecule has 0 aromatic heterocycles. The van der Waals surface area contributed by atoms with Gasteiger partial charge in [0.25, 0.3) is 0 Å². The van der Waals surface area contributed by atoms with Gasteiger partial charge in [0.15, 0.2) is 0 Å². The van der Waals surface area contributed by atoms with Gasteiger partial charge in [0.1, 0.15) is 5.75 Å². The number of ether oxygens (including phenoxy) is 1. The lowest BCUT2D eigenvalue weighted by Crippen LogP contribution is -2.14. The van der Waals surface area contributed by atoms with Crippen molar-refractivity contribution in [1.82, 2.24) is 5.32 Å². The van der Waals surface area contributed by atoms with Crippen molar-refractivity contribution in [3.63, 3.8) is 0 Å². The Balaban J connectivity index is 2.12. The van der Waals surface area contributed by atoms with Gasteiger partial charge in [-0.25, -0.2) is 0 Å². The summed E-state index contributed by atoms with van der Waals surface area (Å²) in [5, 5.41) is 3.45. The molecule has 0 atom stereocenters. The molecule has 1 aromatic rings. The SMILES string of the molecule is COc1ccc(CNCCCCCI)cc1. The van der Waals surface area contributed by atoms with E-state index in [0.717, 1.165) is 18.8 Å². The van der Waals surface area contributed by atoms with Gasteiger partial charge >= 0.3 is 0 Å². The van der Waals surface area contributed by atoms with E-state index in [1.807, 2.05) is 12.1 Å². The van der Waals surface area contributed by atoms with Gasteiger partial charge in [-0.2, -0.15) is 0 Å². The van der Waals surface area contributed by atoms with Crippen LogP contribution in [0.5, 0.6) is 5.75 Å². The summed E-state index contributed by atoms with van der Waals surface area (Å²) < 4.78 is 6.39. The summed E-state index contributed by atoms with van der Waals surface area (Å²) in [7, 11) is 1.69. The standard InChI is InChI=1S/C13H20INO/c1-16-13-7-5-12(6-8-13)11-15-10-4-2-3-9-14/h5-8,15H,2-4,9-11H2,1H3. The topological polar surface area (TPSA) is 21.3 Å². The largest absolute Gasteiger partial charge is 0.497 e. The van der Waals surface area contributed by atoms with Gasteiger partial charge in [-0.15, -0.1) is 0 Å². The van der Waals surface area contributed by atoms with Crippen molar-refractivity contribution in [2.24, 2.45) is 0 Å². The molecule has 1 N–H and O–H groups in total. The number of rotatable bonds is 8. The van der Waals surface area contributed by atoms with E-state index in [1.165, 1.54) is 29.3 Å². The number of halogens is 1. The Hall–Kier alpha value is -0.290. The molecular weight excluding hydrogens is 313 g/mol. The molecule has 16 heavy (non-hydrogen) atoms. The van der Waals surface area contributed by atoms with Crippen LogP contribution < -0.4 is 10.1 Å². The maximum absolute atomic E-state index is 5.12. The van der Waals surface area contributed by atoms with Crippen molar-refractivity contribution in [1.29, 1.82) is 0 Å². The number of unbranched alkanes of at least 4 members (excludes halogenated alkanes) is 2. The van der Waals surface area contributed by atoms with Crippen LogP contribution in [0.3, 0.4) is 0 Å². The van der Waals surface area contributed by atoms with Gasteiger partial charge in [0.05, 0.1) is 7.11 Å². The average molecular weight is 333 g/mol. The minimum absolute atomic E-state index is 0.922. The Labute approximate surface area is 112 Å². The molecule has 0 amide bonds. The maximum Gasteiger partial charge on any atom is 0.118 e. The summed E-state index contributed by atoms with van der Waals surface area (Å²) in [5.74, 6) is 0.922.